The number of hydrogen-bond donors (Lipinski definition) is 1. The Hall–Kier alpha value is -0.300. The minimum Gasteiger partial charge on any atom is -0.390 e. The van der Waals surface area contributed by atoms with Crippen molar-refractivity contribution in [1.29, 1.82) is 0 Å². The Morgan fingerprint density at radius 1 is 1.67 bits per heavy atom. The molecule has 2 aliphatic carbocycles. The molecule has 0 radical (unpaired) electrons. The first-order valence-electron chi connectivity index (χ1n) is 5.14. The lowest BCUT2D eigenvalue weighted by atomic mass is 9.71. The summed E-state index contributed by atoms with van der Waals surface area (Å²) in [6.07, 6.45) is 9.02. The van der Waals surface area contributed by atoms with Crippen LogP contribution >= 0.6 is 0 Å². The van der Waals surface area contributed by atoms with Crippen molar-refractivity contribution in [1.82, 2.24) is 0 Å². The molecule has 0 aromatic carbocycles. The van der Waals surface area contributed by atoms with Gasteiger partial charge in [0.05, 0.1) is 5.60 Å². The fraction of sp³-hybridized carbons (Fsp3) is 0.818. The molecule has 0 amide bonds. The second-order valence-electron chi connectivity index (χ2n) is 4.45. The van der Waals surface area contributed by atoms with E-state index in [0.29, 0.717) is 5.92 Å². The number of rotatable bonds is 1. The highest BCUT2D eigenvalue weighted by Crippen LogP contribution is 2.42. The number of allylic oxidation sites excluding steroid dienone is 1. The van der Waals surface area contributed by atoms with Gasteiger partial charge in [0.1, 0.15) is 0 Å². The lowest BCUT2D eigenvalue weighted by molar-refractivity contribution is -0.00609. The molecule has 0 aromatic rings. The molecule has 1 nitrogen and oxygen atoms in total. The van der Waals surface area contributed by atoms with Gasteiger partial charge in [-0.1, -0.05) is 18.6 Å². The van der Waals surface area contributed by atoms with Crippen molar-refractivity contribution in [3.05, 3.63) is 11.6 Å². The van der Waals surface area contributed by atoms with Crippen LogP contribution in [0, 0.1) is 5.92 Å². The zero-order chi connectivity index (χ0) is 8.60. The summed E-state index contributed by atoms with van der Waals surface area (Å²) in [6, 6.07) is 0. The molecule has 2 rings (SSSR count). The Morgan fingerprint density at radius 3 is 3.17 bits per heavy atom. The van der Waals surface area contributed by atoms with Crippen LogP contribution in [0.5, 0.6) is 0 Å². The molecule has 1 fully saturated rings. The van der Waals surface area contributed by atoms with Crippen LogP contribution in [0.4, 0.5) is 0 Å². The Morgan fingerprint density at radius 2 is 2.50 bits per heavy atom. The van der Waals surface area contributed by atoms with E-state index in [1.54, 1.807) is 0 Å². The standard InChI is InChI=1S/C11H18O/c1-2-9-6-10-4-3-5-11(12,7-9)8-10/h6,9,12H,2-5,7-8H2,1H3. The summed E-state index contributed by atoms with van der Waals surface area (Å²) in [5.74, 6) is 0.652. The van der Waals surface area contributed by atoms with Crippen molar-refractivity contribution in [3.63, 3.8) is 0 Å². The van der Waals surface area contributed by atoms with E-state index in [2.05, 4.69) is 13.0 Å². The molecular formula is C11H18O. The molecular weight excluding hydrogens is 148 g/mol. The van der Waals surface area contributed by atoms with Crippen LogP contribution in [-0.2, 0) is 0 Å². The van der Waals surface area contributed by atoms with Gasteiger partial charge in [-0.25, -0.2) is 0 Å². The summed E-state index contributed by atoms with van der Waals surface area (Å²) in [4.78, 5) is 0. The molecule has 1 heteroatoms. The van der Waals surface area contributed by atoms with Crippen molar-refractivity contribution >= 4 is 0 Å². The summed E-state index contributed by atoms with van der Waals surface area (Å²) < 4.78 is 0. The maximum Gasteiger partial charge on any atom is 0.0690 e. The Labute approximate surface area is 74.5 Å². The zero-order valence-corrected chi connectivity index (χ0v) is 7.84. The first kappa shape index (κ1) is 8.31. The third kappa shape index (κ3) is 1.42. The largest absolute Gasteiger partial charge is 0.390 e. The summed E-state index contributed by atoms with van der Waals surface area (Å²) in [7, 11) is 0. The molecule has 2 atom stereocenters. The molecule has 0 aromatic heterocycles. The summed E-state index contributed by atoms with van der Waals surface area (Å²) in [5, 5.41) is 10.2. The van der Waals surface area contributed by atoms with Crippen LogP contribution < -0.4 is 0 Å². The van der Waals surface area contributed by atoms with Gasteiger partial charge in [0.25, 0.3) is 0 Å². The van der Waals surface area contributed by atoms with E-state index in [9.17, 15) is 5.11 Å². The van der Waals surface area contributed by atoms with Crippen molar-refractivity contribution in [2.24, 2.45) is 5.92 Å². The Bertz CT molecular complexity index is 207. The molecule has 0 saturated heterocycles. The average Bonchev–Trinajstić information content (AvgIpc) is 2.02. The quantitative estimate of drug-likeness (QED) is 0.594. The SMILES string of the molecule is CCC1C=C2CCCC(O)(C2)C1. The lowest BCUT2D eigenvalue weighted by Crippen LogP contribution is -2.37. The third-order valence-electron chi connectivity index (χ3n) is 3.33. The fourth-order valence-electron chi connectivity index (χ4n) is 2.70. The summed E-state index contributed by atoms with van der Waals surface area (Å²) in [6.45, 7) is 2.21. The smallest absolute Gasteiger partial charge is 0.0690 e. The van der Waals surface area contributed by atoms with E-state index in [1.165, 1.54) is 24.8 Å². The van der Waals surface area contributed by atoms with Gasteiger partial charge in [-0.15, -0.1) is 0 Å². The van der Waals surface area contributed by atoms with Crippen LogP contribution in [0.25, 0.3) is 0 Å². The predicted molar refractivity (Wildman–Crippen MR) is 49.9 cm³/mol. The maximum absolute atomic E-state index is 10.2. The van der Waals surface area contributed by atoms with Gasteiger partial charge in [0.15, 0.2) is 0 Å². The van der Waals surface area contributed by atoms with Gasteiger partial charge in [0, 0.05) is 0 Å². The van der Waals surface area contributed by atoms with Gasteiger partial charge in [-0.2, -0.15) is 0 Å². The third-order valence-corrected chi connectivity index (χ3v) is 3.33. The minimum atomic E-state index is -0.316. The first-order chi connectivity index (χ1) is 5.72. The van der Waals surface area contributed by atoms with Crippen LogP contribution in [0.2, 0.25) is 0 Å². The minimum absolute atomic E-state index is 0.316. The van der Waals surface area contributed by atoms with Gasteiger partial charge in [-0.05, 0) is 44.4 Å². The van der Waals surface area contributed by atoms with Crippen molar-refractivity contribution in [3.8, 4) is 0 Å². The number of aliphatic hydroxyl groups is 1. The van der Waals surface area contributed by atoms with Crippen molar-refractivity contribution in [2.45, 2.75) is 51.0 Å². The topological polar surface area (TPSA) is 20.2 Å². The van der Waals surface area contributed by atoms with Crippen LogP contribution in [-0.4, -0.2) is 10.7 Å². The van der Waals surface area contributed by atoms with Gasteiger partial charge >= 0.3 is 0 Å². The van der Waals surface area contributed by atoms with Gasteiger partial charge in [-0.3, -0.25) is 0 Å². The van der Waals surface area contributed by atoms with Gasteiger partial charge < -0.3 is 5.11 Å². The predicted octanol–water partition coefficient (Wildman–Crippen LogP) is 2.65. The number of fused-ring (bicyclic) bond motifs is 2. The zero-order valence-electron chi connectivity index (χ0n) is 7.84. The monoisotopic (exact) mass is 166 g/mol. The van der Waals surface area contributed by atoms with E-state index in [1.807, 2.05) is 0 Å². The second-order valence-corrected chi connectivity index (χ2v) is 4.45. The van der Waals surface area contributed by atoms with Crippen molar-refractivity contribution in [2.75, 3.05) is 0 Å². The molecule has 68 valence electrons. The molecule has 2 unspecified atom stereocenters. The molecule has 2 aliphatic rings. The summed E-state index contributed by atoms with van der Waals surface area (Å²) >= 11 is 0. The normalized spacial score (nSPS) is 40.8. The molecule has 0 spiro atoms. The molecule has 12 heavy (non-hydrogen) atoms. The van der Waals surface area contributed by atoms with Crippen LogP contribution in [0.3, 0.4) is 0 Å². The van der Waals surface area contributed by atoms with E-state index in [4.69, 9.17) is 0 Å². The first-order valence-corrected chi connectivity index (χ1v) is 5.14. The lowest BCUT2D eigenvalue weighted by Gasteiger charge is -2.40. The van der Waals surface area contributed by atoms with Crippen molar-refractivity contribution < 1.29 is 5.11 Å². The van der Waals surface area contributed by atoms with E-state index < -0.39 is 0 Å². The Kier molecular flexibility index (Phi) is 1.99. The van der Waals surface area contributed by atoms with Crippen LogP contribution in [0.15, 0.2) is 11.6 Å². The highest BCUT2D eigenvalue weighted by atomic mass is 16.3. The van der Waals surface area contributed by atoms with E-state index in [0.717, 1.165) is 19.3 Å². The average molecular weight is 166 g/mol. The summed E-state index contributed by atoms with van der Waals surface area (Å²) in [5.41, 5.74) is 1.20. The maximum atomic E-state index is 10.2. The highest BCUT2D eigenvalue weighted by molar-refractivity contribution is 5.17. The van der Waals surface area contributed by atoms with E-state index >= 15 is 0 Å². The van der Waals surface area contributed by atoms with Crippen LogP contribution in [0.1, 0.15) is 45.4 Å². The van der Waals surface area contributed by atoms with E-state index in [-0.39, 0.29) is 5.60 Å². The Balaban J connectivity index is 2.19. The molecule has 0 aliphatic heterocycles. The number of hydrogen-bond acceptors (Lipinski definition) is 1. The molecule has 1 saturated carbocycles. The fourth-order valence-corrected chi connectivity index (χ4v) is 2.70. The highest BCUT2D eigenvalue weighted by Gasteiger charge is 2.36. The van der Waals surface area contributed by atoms with Gasteiger partial charge in [0.2, 0.25) is 0 Å². The molecule has 0 heterocycles. The molecule has 2 bridgehead atoms. The molecule has 1 N–H and O–H groups in total. The second kappa shape index (κ2) is 2.88.